The first-order valence-electron chi connectivity index (χ1n) is 10.1. The Morgan fingerprint density at radius 2 is 1.78 bits per heavy atom. The summed E-state index contributed by atoms with van der Waals surface area (Å²) < 4.78 is 0. The lowest BCUT2D eigenvalue weighted by Crippen LogP contribution is -2.45. The summed E-state index contributed by atoms with van der Waals surface area (Å²) in [5, 5.41) is 0. The number of benzene rings is 1. The number of nitrogens with zero attached hydrogens (tertiary/aromatic N) is 3. The molecule has 0 bridgehead atoms. The Labute approximate surface area is 162 Å². The van der Waals surface area contributed by atoms with E-state index in [9.17, 15) is 4.79 Å². The SMILES string of the molecule is CC(C)N1CC[C@]2(c3ccccc3)CCN(Cc3ccncc3)C(=O)C[C@H]12. The van der Waals surface area contributed by atoms with Crippen LogP contribution in [0.15, 0.2) is 54.9 Å². The van der Waals surface area contributed by atoms with Crippen LogP contribution < -0.4 is 0 Å². The van der Waals surface area contributed by atoms with E-state index in [0.29, 0.717) is 19.0 Å². The number of likely N-dealkylation sites (tertiary alicyclic amines) is 2. The van der Waals surface area contributed by atoms with Gasteiger partial charge in [0.25, 0.3) is 0 Å². The predicted octanol–water partition coefficient (Wildman–Crippen LogP) is 3.62. The minimum Gasteiger partial charge on any atom is -0.338 e. The second-order valence-electron chi connectivity index (χ2n) is 8.24. The van der Waals surface area contributed by atoms with Crippen molar-refractivity contribution >= 4 is 5.91 Å². The molecule has 2 fully saturated rings. The fourth-order valence-corrected chi connectivity index (χ4v) is 5.07. The first-order chi connectivity index (χ1) is 13.1. The molecule has 0 saturated carbocycles. The maximum Gasteiger partial charge on any atom is 0.224 e. The number of hydrogen-bond donors (Lipinski definition) is 0. The number of aromatic nitrogens is 1. The summed E-state index contributed by atoms with van der Waals surface area (Å²) in [6.07, 6.45) is 6.38. The molecule has 3 heterocycles. The number of fused-ring (bicyclic) bond motifs is 1. The molecule has 2 aliphatic heterocycles. The standard InChI is InChI=1S/C23H29N3O/c1-18(2)26-15-11-23(20-6-4-3-5-7-20)10-14-25(22(27)16-21(23)26)17-19-8-12-24-13-9-19/h3-9,12-13,18,21H,10-11,14-17H2,1-2H3/t21-,23-/m0/s1. The highest BCUT2D eigenvalue weighted by Gasteiger charge is 2.51. The van der Waals surface area contributed by atoms with Crippen molar-refractivity contribution in [3.05, 3.63) is 66.0 Å². The Morgan fingerprint density at radius 1 is 1.07 bits per heavy atom. The van der Waals surface area contributed by atoms with Crippen LogP contribution in [0.4, 0.5) is 0 Å². The predicted molar refractivity (Wildman–Crippen MR) is 107 cm³/mol. The van der Waals surface area contributed by atoms with Crippen LogP contribution in [0.1, 0.15) is 44.2 Å². The van der Waals surface area contributed by atoms with Crippen molar-refractivity contribution in [3.8, 4) is 0 Å². The Bertz CT molecular complexity index is 777. The number of pyridine rings is 1. The van der Waals surface area contributed by atoms with Crippen LogP contribution in [0, 0.1) is 0 Å². The Morgan fingerprint density at radius 3 is 2.48 bits per heavy atom. The van der Waals surface area contributed by atoms with E-state index in [1.807, 2.05) is 12.1 Å². The Kier molecular flexibility index (Phi) is 5.00. The number of carbonyl (C=O) groups excluding carboxylic acids is 1. The zero-order chi connectivity index (χ0) is 18.9. The van der Waals surface area contributed by atoms with Crippen LogP contribution in [-0.4, -0.2) is 45.9 Å². The van der Waals surface area contributed by atoms with Crippen molar-refractivity contribution in [1.29, 1.82) is 0 Å². The van der Waals surface area contributed by atoms with Crippen LogP contribution in [0.5, 0.6) is 0 Å². The molecule has 1 aromatic carbocycles. The molecule has 4 rings (SSSR count). The molecule has 0 spiro atoms. The fraction of sp³-hybridized carbons (Fsp3) is 0.478. The number of carbonyl (C=O) groups is 1. The van der Waals surface area contributed by atoms with E-state index in [2.05, 4.69) is 59.0 Å². The van der Waals surface area contributed by atoms with Crippen LogP contribution in [0.3, 0.4) is 0 Å². The average molecular weight is 364 g/mol. The Hall–Kier alpha value is -2.20. The van der Waals surface area contributed by atoms with Gasteiger partial charge in [-0.05, 0) is 56.5 Å². The van der Waals surface area contributed by atoms with E-state index < -0.39 is 0 Å². The third-order valence-corrected chi connectivity index (χ3v) is 6.54. The molecular formula is C23H29N3O. The maximum absolute atomic E-state index is 13.2. The molecule has 4 heteroatoms. The van der Waals surface area contributed by atoms with Gasteiger partial charge in [0.1, 0.15) is 0 Å². The summed E-state index contributed by atoms with van der Waals surface area (Å²) >= 11 is 0. The molecule has 0 N–H and O–H groups in total. The molecule has 1 amide bonds. The van der Waals surface area contributed by atoms with E-state index in [1.54, 1.807) is 12.4 Å². The van der Waals surface area contributed by atoms with Crippen molar-refractivity contribution < 1.29 is 4.79 Å². The van der Waals surface area contributed by atoms with Crippen molar-refractivity contribution in [1.82, 2.24) is 14.8 Å². The molecule has 4 nitrogen and oxygen atoms in total. The summed E-state index contributed by atoms with van der Waals surface area (Å²) in [5.74, 6) is 0.280. The van der Waals surface area contributed by atoms with Crippen molar-refractivity contribution in [2.75, 3.05) is 13.1 Å². The maximum atomic E-state index is 13.2. The smallest absolute Gasteiger partial charge is 0.224 e. The van der Waals surface area contributed by atoms with Gasteiger partial charge in [-0.2, -0.15) is 0 Å². The normalized spacial score (nSPS) is 26.3. The van der Waals surface area contributed by atoms with Gasteiger partial charge in [-0.1, -0.05) is 30.3 Å². The summed E-state index contributed by atoms with van der Waals surface area (Å²) in [7, 11) is 0. The van der Waals surface area contributed by atoms with E-state index in [1.165, 1.54) is 5.56 Å². The molecule has 2 aliphatic rings. The summed E-state index contributed by atoms with van der Waals surface area (Å²) in [5.41, 5.74) is 2.63. The lowest BCUT2D eigenvalue weighted by Gasteiger charge is -2.38. The van der Waals surface area contributed by atoms with Crippen molar-refractivity contribution in [2.24, 2.45) is 0 Å². The van der Waals surface area contributed by atoms with Gasteiger partial charge in [0, 0.05) is 49.4 Å². The quantitative estimate of drug-likeness (QED) is 0.832. The number of hydrogen-bond acceptors (Lipinski definition) is 3. The van der Waals surface area contributed by atoms with Gasteiger partial charge >= 0.3 is 0 Å². The van der Waals surface area contributed by atoms with Crippen molar-refractivity contribution in [3.63, 3.8) is 0 Å². The first-order valence-corrected chi connectivity index (χ1v) is 10.1. The summed E-state index contributed by atoms with van der Waals surface area (Å²) in [6.45, 7) is 7.09. The molecule has 0 unspecified atom stereocenters. The lowest BCUT2D eigenvalue weighted by molar-refractivity contribution is -0.132. The molecule has 2 saturated heterocycles. The van der Waals surface area contributed by atoms with Gasteiger partial charge in [-0.15, -0.1) is 0 Å². The van der Waals surface area contributed by atoms with E-state index in [0.717, 1.165) is 31.5 Å². The second-order valence-corrected chi connectivity index (χ2v) is 8.24. The lowest BCUT2D eigenvalue weighted by atomic mass is 9.71. The van der Waals surface area contributed by atoms with Gasteiger partial charge in [0.2, 0.25) is 5.91 Å². The van der Waals surface area contributed by atoms with Crippen LogP contribution >= 0.6 is 0 Å². The molecule has 1 aromatic heterocycles. The van der Waals surface area contributed by atoms with Crippen LogP contribution in [0.2, 0.25) is 0 Å². The van der Waals surface area contributed by atoms with Gasteiger partial charge in [-0.25, -0.2) is 0 Å². The fourth-order valence-electron chi connectivity index (χ4n) is 5.07. The zero-order valence-corrected chi connectivity index (χ0v) is 16.3. The summed E-state index contributed by atoms with van der Waals surface area (Å²) in [6, 6.07) is 15.6. The highest BCUT2D eigenvalue weighted by Crippen LogP contribution is 2.46. The second kappa shape index (κ2) is 7.43. The van der Waals surface area contributed by atoms with Gasteiger partial charge < -0.3 is 4.90 Å². The molecule has 27 heavy (non-hydrogen) atoms. The number of amides is 1. The molecule has 2 aromatic rings. The third-order valence-electron chi connectivity index (χ3n) is 6.54. The zero-order valence-electron chi connectivity index (χ0n) is 16.3. The largest absolute Gasteiger partial charge is 0.338 e. The monoisotopic (exact) mass is 363 g/mol. The topological polar surface area (TPSA) is 36.4 Å². The highest BCUT2D eigenvalue weighted by atomic mass is 16.2. The Balaban J connectivity index is 1.65. The van der Waals surface area contributed by atoms with Crippen LogP contribution in [-0.2, 0) is 16.8 Å². The average Bonchev–Trinajstić information content (AvgIpc) is 2.99. The van der Waals surface area contributed by atoms with E-state index in [-0.39, 0.29) is 17.4 Å². The van der Waals surface area contributed by atoms with Gasteiger partial charge in [-0.3, -0.25) is 14.7 Å². The first kappa shape index (κ1) is 18.2. The molecule has 2 atom stereocenters. The van der Waals surface area contributed by atoms with E-state index >= 15 is 0 Å². The van der Waals surface area contributed by atoms with Gasteiger partial charge in [0.15, 0.2) is 0 Å². The minimum atomic E-state index is 0.0776. The third kappa shape index (κ3) is 3.39. The minimum absolute atomic E-state index is 0.0776. The highest BCUT2D eigenvalue weighted by molar-refractivity contribution is 5.78. The van der Waals surface area contributed by atoms with Gasteiger partial charge in [0.05, 0.1) is 0 Å². The molecular weight excluding hydrogens is 334 g/mol. The molecule has 142 valence electrons. The molecule has 0 aliphatic carbocycles. The summed E-state index contributed by atoms with van der Waals surface area (Å²) in [4.78, 5) is 21.9. The number of rotatable bonds is 4. The van der Waals surface area contributed by atoms with Crippen molar-refractivity contribution in [2.45, 2.75) is 57.2 Å². The van der Waals surface area contributed by atoms with Crippen LogP contribution in [0.25, 0.3) is 0 Å². The molecule has 0 radical (unpaired) electrons. The van der Waals surface area contributed by atoms with E-state index in [4.69, 9.17) is 0 Å².